The molecule has 1 aliphatic heterocycles. The van der Waals surface area contributed by atoms with Crippen LogP contribution in [0.1, 0.15) is 27.7 Å². The zero-order valence-corrected chi connectivity index (χ0v) is 10.7. The van der Waals surface area contributed by atoms with E-state index >= 15 is 0 Å². The Bertz CT molecular complexity index is 180. The summed E-state index contributed by atoms with van der Waals surface area (Å²) in [5, 5.41) is 3.48. The van der Waals surface area contributed by atoms with E-state index in [0.717, 1.165) is 45.2 Å². The van der Waals surface area contributed by atoms with Gasteiger partial charge in [-0.2, -0.15) is 0 Å². The first-order valence-electron chi connectivity index (χ1n) is 6.07. The zero-order chi connectivity index (χ0) is 11.3. The van der Waals surface area contributed by atoms with E-state index < -0.39 is 0 Å². The third-order valence-electron chi connectivity index (χ3n) is 2.66. The first-order chi connectivity index (χ1) is 6.99. The Hall–Kier alpha value is -0.120. The maximum absolute atomic E-state index is 5.68. The molecule has 1 heterocycles. The van der Waals surface area contributed by atoms with Crippen LogP contribution in [0.15, 0.2) is 0 Å². The topological polar surface area (TPSA) is 24.5 Å². The predicted molar refractivity (Wildman–Crippen MR) is 64.2 cm³/mol. The molecule has 0 aromatic rings. The van der Waals surface area contributed by atoms with Gasteiger partial charge in [-0.15, -0.1) is 0 Å². The van der Waals surface area contributed by atoms with Crippen molar-refractivity contribution in [2.75, 3.05) is 39.3 Å². The van der Waals surface area contributed by atoms with Crippen LogP contribution in [0.4, 0.5) is 0 Å². The van der Waals surface area contributed by atoms with Crippen molar-refractivity contribution in [3.05, 3.63) is 0 Å². The van der Waals surface area contributed by atoms with E-state index in [9.17, 15) is 0 Å². The van der Waals surface area contributed by atoms with Gasteiger partial charge in [0.25, 0.3) is 0 Å². The molecule has 0 spiro atoms. The molecule has 1 rings (SSSR count). The average Bonchev–Trinajstić information content (AvgIpc) is 2.10. The fourth-order valence-corrected chi connectivity index (χ4v) is 1.93. The molecule has 0 amide bonds. The van der Waals surface area contributed by atoms with Gasteiger partial charge < -0.3 is 10.1 Å². The Morgan fingerprint density at radius 1 is 1.40 bits per heavy atom. The lowest BCUT2D eigenvalue weighted by Crippen LogP contribution is -2.50. The van der Waals surface area contributed by atoms with Crippen LogP contribution < -0.4 is 5.32 Å². The maximum atomic E-state index is 5.68. The minimum absolute atomic E-state index is 0.0380. The molecular formula is C12H26N2O. The lowest BCUT2D eigenvalue weighted by atomic mass is 10.1. The normalized spacial score (nSPS) is 22.2. The van der Waals surface area contributed by atoms with Crippen molar-refractivity contribution >= 4 is 0 Å². The van der Waals surface area contributed by atoms with Crippen LogP contribution in [0, 0.1) is 5.92 Å². The molecule has 0 aliphatic carbocycles. The molecule has 1 saturated heterocycles. The third-order valence-corrected chi connectivity index (χ3v) is 2.66. The molecule has 1 N–H and O–H groups in total. The van der Waals surface area contributed by atoms with E-state index in [-0.39, 0.29) is 5.60 Å². The quantitative estimate of drug-likeness (QED) is 0.699. The minimum Gasteiger partial charge on any atom is -0.373 e. The van der Waals surface area contributed by atoms with Crippen molar-refractivity contribution in [1.29, 1.82) is 0 Å². The van der Waals surface area contributed by atoms with Gasteiger partial charge in [0.1, 0.15) is 0 Å². The second-order valence-electron chi connectivity index (χ2n) is 5.48. The van der Waals surface area contributed by atoms with Gasteiger partial charge in [0, 0.05) is 26.2 Å². The molecule has 3 heteroatoms. The van der Waals surface area contributed by atoms with Gasteiger partial charge in [0.15, 0.2) is 0 Å². The molecule has 90 valence electrons. The first-order valence-corrected chi connectivity index (χ1v) is 6.07. The molecule has 3 nitrogen and oxygen atoms in total. The molecule has 0 atom stereocenters. The first kappa shape index (κ1) is 12.9. The third kappa shape index (κ3) is 5.50. The van der Waals surface area contributed by atoms with Crippen LogP contribution in [-0.4, -0.2) is 49.8 Å². The second kappa shape index (κ2) is 5.83. The lowest BCUT2D eigenvalue weighted by Gasteiger charge is -2.38. The largest absolute Gasteiger partial charge is 0.373 e. The monoisotopic (exact) mass is 214 g/mol. The Labute approximate surface area is 94.2 Å². The summed E-state index contributed by atoms with van der Waals surface area (Å²) in [6.45, 7) is 15.2. The van der Waals surface area contributed by atoms with Crippen molar-refractivity contribution in [3.63, 3.8) is 0 Å². The van der Waals surface area contributed by atoms with Gasteiger partial charge in [0.05, 0.1) is 12.2 Å². The smallest absolute Gasteiger partial charge is 0.0753 e. The van der Waals surface area contributed by atoms with Crippen molar-refractivity contribution in [3.8, 4) is 0 Å². The fraction of sp³-hybridized carbons (Fsp3) is 1.00. The Balaban J connectivity index is 2.11. The molecule has 1 aliphatic rings. The number of hydrogen-bond acceptors (Lipinski definition) is 3. The molecule has 0 aromatic carbocycles. The van der Waals surface area contributed by atoms with E-state index in [1.165, 1.54) is 0 Å². The van der Waals surface area contributed by atoms with Gasteiger partial charge in [-0.05, 0) is 26.3 Å². The van der Waals surface area contributed by atoms with E-state index in [0.29, 0.717) is 0 Å². The molecule has 0 aromatic heterocycles. The number of morpholine rings is 1. The lowest BCUT2D eigenvalue weighted by molar-refractivity contribution is -0.0854. The van der Waals surface area contributed by atoms with Gasteiger partial charge in [-0.3, -0.25) is 4.90 Å². The number of nitrogens with zero attached hydrogens (tertiary/aromatic N) is 1. The molecular weight excluding hydrogens is 188 g/mol. The van der Waals surface area contributed by atoms with Crippen LogP contribution in [0.5, 0.6) is 0 Å². The average molecular weight is 214 g/mol. The maximum Gasteiger partial charge on any atom is 0.0753 e. The number of rotatable bonds is 5. The van der Waals surface area contributed by atoms with Crippen molar-refractivity contribution in [1.82, 2.24) is 10.2 Å². The predicted octanol–water partition coefficient (Wildman–Crippen LogP) is 1.34. The fourth-order valence-electron chi connectivity index (χ4n) is 1.93. The highest BCUT2D eigenvalue weighted by Crippen LogP contribution is 2.15. The SMILES string of the molecule is CC(C)CNCCN1CCOC(C)(C)C1. The molecule has 15 heavy (non-hydrogen) atoms. The molecule has 1 fully saturated rings. The van der Waals surface area contributed by atoms with E-state index in [4.69, 9.17) is 4.74 Å². The van der Waals surface area contributed by atoms with Gasteiger partial charge in [0.2, 0.25) is 0 Å². The summed E-state index contributed by atoms with van der Waals surface area (Å²) in [5.41, 5.74) is 0.0380. The number of hydrogen-bond donors (Lipinski definition) is 1. The Kier molecular flexibility index (Phi) is 5.03. The highest BCUT2D eigenvalue weighted by Gasteiger charge is 2.26. The summed E-state index contributed by atoms with van der Waals surface area (Å²) in [7, 11) is 0. The van der Waals surface area contributed by atoms with Crippen molar-refractivity contribution in [2.45, 2.75) is 33.3 Å². The highest BCUT2D eigenvalue weighted by molar-refractivity contribution is 4.79. The van der Waals surface area contributed by atoms with Crippen LogP contribution in [0.3, 0.4) is 0 Å². The van der Waals surface area contributed by atoms with E-state index in [1.807, 2.05) is 0 Å². The summed E-state index contributed by atoms with van der Waals surface area (Å²) in [6.07, 6.45) is 0. The summed E-state index contributed by atoms with van der Waals surface area (Å²) >= 11 is 0. The summed E-state index contributed by atoms with van der Waals surface area (Å²) in [5.74, 6) is 0.742. The van der Waals surface area contributed by atoms with E-state index in [2.05, 4.69) is 37.9 Å². The Morgan fingerprint density at radius 3 is 2.73 bits per heavy atom. The summed E-state index contributed by atoms with van der Waals surface area (Å²) in [6, 6.07) is 0. The molecule has 0 bridgehead atoms. The van der Waals surface area contributed by atoms with Crippen LogP contribution >= 0.6 is 0 Å². The number of nitrogens with one attached hydrogen (secondary N) is 1. The van der Waals surface area contributed by atoms with Crippen LogP contribution in [0.2, 0.25) is 0 Å². The molecule has 0 saturated carbocycles. The standard InChI is InChI=1S/C12H26N2O/c1-11(2)9-13-5-6-14-7-8-15-12(3,4)10-14/h11,13H,5-10H2,1-4H3. The minimum atomic E-state index is 0.0380. The van der Waals surface area contributed by atoms with Gasteiger partial charge in [-0.25, -0.2) is 0 Å². The Morgan fingerprint density at radius 2 is 2.13 bits per heavy atom. The second-order valence-corrected chi connectivity index (χ2v) is 5.48. The van der Waals surface area contributed by atoms with Gasteiger partial charge >= 0.3 is 0 Å². The summed E-state index contributed by atoms with van der Waals surface area (Å²) < 4.78 is 5.68. The summed E-state index contributed by atoms with van der Waals surface area (Å²) in [4.78, 5) is 2.48. The van der Waals surface area contributed by atoms with Crippen molar-refractivity contribution < 1.29 is 4.74 Å². The zero-order valence-electron chi connectivity index (χ0n) is 10.7. The molecule has 0 unspecified atom stereocenters. The van der Waals surface area contributed by atoms with Crippen LogP contribution in [-0.2, 0) is 4.74 Å². The van der Waals surface area contributed by atoms with E-state index in [1.54, 1.807) is 0 Å². The van der Waals surface area contributed by atoms with Crippen LogP contribution in [0.25, 0.3) is 0 Å². The molecule has 0 radical (unpaired) electrons. The van der Waals surface area contributed by atoms with Crippen molar-refractivity contribution in [2.24, 2.45) is 5.92 Å². The highest BCUT2D eigenvalue weighted by atomic mass is 16.5. The number of ether oxygens (including phenoxy) is 1. The van der Waals surface area contributed by atoms with Gasteiger partial charge in [-0.1, -0.05) is 13.8 Å².